The minimum absolute atomic E-state index is 0.151. The van der Waals surface area contributed by atoms with E-state index in [2.05, 4.69) is 15.6 Å². The van der Waals surface area contributed by atoms with Crippen molar-refractivity contribution in [2.45, 2.75) is 61.5 Å². The number of carbonyl (C=O) groups is 1. The van der Waals surface area contributed by atoms with Crippen LogP contribution in [-0.4, -0.2) is 47.7 Å². The Morgan fingerprint density at radius 3 is 2.42 bits per heavy atom. The first kappa shape index (κ1) is 21.9. The number of hydrogen-bond acceptors (Lipinski definition) is 6. The van der Waals surface area contributed by atoms with Gasteiger partial charge in [0.15, 0.2) is 0 Å². The van der Waals surface area contributed by atoms with Crippen LogP contribution in [0.3, 0.4) is 0 Å². The molecule has 1 atom stereocenters. The molecule has 0 aliphatic heterocycles. The fourth-order valence-corrected chi connectivity index (χ4v) is 5.01. The first-order chi connectivity index (χ1) is 14.7. The van der Waals surface area contributed by atoms with Crippen LogP contribution in [0.15, 0.2) is 35.4 Å². The van der Waals surface area contributed by atoms with Gasteiger partial charge in [0.05, 0.1) is 17.1 Å². The first-order valence-electron chi connectivity index (χ1n) is 10.8. The highest BCUT2D eigenvalue weighted by molar-refractivity contribution is 7.89. The summed E-state index contributed by atoms with van der Waals surface area (Å²) in [6.07, 6.45) is 9.11. The van der Waals surface area contributed by atoms with Crippen molar-refractivity contribution < 1.29 is 13.2 Å². The molecule has 0 unspecified atom stereocenters. The number of sulfonamides is 1. The zero-order valence-corrected chi connectivity index (χ0v) is 18.8. The SMILES string of the molecule is CN(C)S(=O)(=O)c1ccc(C(=O)N[C@H](c2cn(C3(N)CC3)nn2)C2CCCCC2)cc1. The number of nitrogens with zero attached hydrogens (tertiary/aromatic N) is 4. The van der Waals surface area contributed by atoms with E-state index in [0.717, 1.165) is 48.5 Å². The van der Waals surface area contributed by atoms with Crippen molar-refractivity contribution in [3.63, 3.8) is 0 Å². The van der Waals surface area contributed by atoms with Crippen molar-refractivity contribution >= 4 is 15.9 Å². The van der Waals surface area contributed by atoms with Gasteiger partial charge in [0, 0.05) is 19.7 Å². The van der Waals surface area contributed by atoms with E-state index in [-0.39, 0.29) is 22.8 Å². The smallest absolute Gasteiger partial charge is 0.251 e. The van der Waals surface area contributed by atoms with Gasteiger partial charge >= 0.3 is 0 Å². The van der Waals surface area contributed by atoms with Gasteiger partial charge in [-0.25, -0.2) is 17.4 Å². The quantitative estimate of drug-likeness (QED) is 0.670. The van der Waals surface area contributed by atoms with Gasteiger partial charge in [0.2, 0.25) is 10.0 Å². The molecular formula is C21H30N6O3S. The molecule has 1 aromatic heterocycles. The summed E-state index contributed by atoms with van der Waals surface area (Å²) in [4.78, 5) is 13.2. The maximum Gasteiger partial charge on any atom is 0.251 e. The summed E-state index contributed by atoms with van der Waals surface area (Å²) in [6, 6.07) is 5.75. The Morgan fingerprint density at radius 2 is 1.84 bits per heavy atom. The molecule has 4 rings (SSSR count). The van der Waals surface area contributed by atoms with Crippen molar-refractivity contribution in [3.05, 3.63) is 41.7 Å². The second-order valence-corrected chi connectivity index (χ2v) is 11.0. The summed E-state index contributed by atoms with van der Waals surface area (Å²) >= 11 is 0. The van der Waals surface area contributed by atoms with Gasteiger partial charge in [-0.1, -0.05) is 24.5 Å². The Morgan fingerprint density at radius 1 is 1.19 bits per heavy atom. The minimum atomic E-state index is -3.54. The van der Waals surface area contributed by atoms with Crippen molar-refractivity contribution in [1.82, 2.24) is 24.6 Å². The fraction of sp³-hybridized carbons (Fsp3) is 0.571. The van der Waals surface area contributed by atoms with Gasteiger partial charge in [-0.05, 0) is 55.9 Å². The molecule has 31 heavy (non-hydrogen) atoms. The monoisotopic (exact) mass is 446 g/mol. The molecule has 3 N–H and O–H groups in total. The molecule has 0 spiro atoms. The van der Waals surface area contributed by atoms with E-state index in [0.29, 0.717) is 5.56 Å². The number of nitrogens with two attached hydrogens (primary N) is 1. The molecule has 2 fully saturated rings. The normalized spacial score (nSPS) is 19.9. The van der Waals surface area contributed by atoms with E-state index in [1.807, 2.05) is 6.20 Å². The summed E-state index contributed by atoms with van der Waals surface area (Å²) < 4.78 is 27.4. The summed E-state index contributed by atoms with van der Waals surface area (Å²) in [5.41, 5.74) is 6.93. The maximum atomic E-state index is 13.0. The van der Waals surface area contributed by atoms with E-state index in [1.165, 1.54) is 32.6 Å². The minimum Gasteiger partial charge on any atom is -0.343 e. The molecule has 1 heterocycles. The number of nitrogens with one attached hydrogen (secondary N) is 1. The van der Waals surface area contributed by atoms with Gasteiger partial charge in [0.25, 0.3) is 5.91 Å². The van der Waals surface area contributed by atoms with Crippen LogP contribution in [0.25, 0.3) is 0 Å². The highest BCUT2D eigenvalue weighted by atomic mass is 32.2. The van der Waals surface area contributed by atoms with E-state index in [1.54, 1.807) is 16.8 Å². The molecule has 9 nitrogen and oxygen atoms in total. The second-order valence-electron chi connectivity index (χ2n) is 8.85. The summed E-state index contributed by atoms with van der Waals surface area (Å²) in [7, 11) is -0.585. The van der Waals surface area contributed by atoms with Crippen LogP contribution in [0.1, 0.15) is 67.0 Å². The van der Waals surface area contributed by atoms with Crippen LogP contribution in [0.4, 0.5) is 0 Å². The van der Waals surface area contributed by atoms with E-state index >= 15 is 0 Å². The van der Waals surface area contributed by atoms with Crippen LogP contribution in [0.2, 0.25) is 0 Å². The van der Waals surface area contributed by atoms with Crippen LogP contribution < -0.4 is 11.1 Å². The Hall–Kier alpha value is -2.30. The third kappa shape index (κ3) is 4.51. The lowest BCUT2D eigenvalue weighted by Gasteiger charge is -2.29. The number of hydrogen-bond donors (Lipinski definition) is 2. The Kier molecular flexibility index (Phi) is 5.89. The Bertz CT molecular complexity index is 1040. The van der Waals surface area contributed by atoms with Crippen molar-refractivity contribution in [3.8, 4) is 0 Å². The molecule has 0 radical (unpaired) electrons. The standard InChI is InChI=1S/C21H30N6O3S/c1-26(2)31(29,30)17-10-8-16(9-11-17)20(28)23-19(15-6-4-3-5-7-15)18-14-27(25-24-18)21(22)12-13-21/h8-11,14-15,19H,3-7,12-13,22H2,1-2H3,(H,23,28)/t19-/m0/s1. The van der Waals surface area contributed by atoms with E-state index in [4.69, 9.17) is 5.73 Å². The molecule has 2 aromatic rings. The topological polar surface area (TPSA) is 123 Å². The lowest BCUT2D eigenvalue weighted by Crippen LogP contribution is -2.35. The average Bonchev–Trinajstić information content (AvgIpc) is 3.32. The van der Waals surface area contributed by atoms with E-state index < -0.39 is 15.7 Å². The van der Waals surface area contributed by atoms with E-state index in [9.17, 15) is 13.2 Å². The molecule has 168 valence electrons. The number of benzene rings is 1. The third-order valence-corrected chi connectivity index (χ3v) is 8.18. The molecule has 1 amide bonds. The highest BCUT2D eigenvalue weighted by Crippen LogP contribution is 2.38. The number of rotatable bonds is 7. The predicted molar refractivity (Wildman–Crippen MR) is 116 cm³/mol. The number of carbonyl (C=O) groups excluding carboxylic acids is 1. The predicted octanol–water partition coefficient (Wildman–Crippen LogP) is 1.99. The van der Waals surface area contributed by atoms with Crippen LogP contribution in [0.5, 0.6) is 0 Å². The Labute approximate surface area is 183 Å². The summed E-state index contributed by atoms with van der Waals surface area (Å²) in [5.74, 6) is 0.0250. The Balaban J connectivity index is 1.55. The van der Waals surface area contributed by atoms with Crippen molar-refractivity contribution in [1.29, 1.82) is 0 Å². The molecule has 10 heteroatoms. The number of aromatic nitrogens is 3. The fourth-order valence-electron chi connectivity index (χ4n) is 4.11. The van der Waals surface area contributed by atoms with Gasteiger partial charge in [-0.3, -0.25) is 4.79 Å². The average molecular weight is 447 g/mol. The molecule has 0 bridgehead atoms. The summed E-state index contributed by atoms with van der Waals surface area (Å²) in [6.45, 7) is 0. The molecule has 1 aromatic carbocycles. The summed E-state index contributed by atoms with van der Waals surface area (Å²) in [5, 5.41) is 11.7. The molecule has 2 aliphatic carbocycles. The number of amides is 1. The van der Waals surface area contributed by atoms with Gasteiger partial charge in [-0.2, -0.15) is 0 Å². The van der Waals surface area contributed by atoms with Gasteiger partial charge < -0.3 is 11.1 Å². The molecule has 0 saturated heterocycles. The van der Waals surface area contributed by atoms with Crippen molar-refractivity contribution in [2.75, 3.05) is 14.1 Å². The van der Waals surface area contributed by atoms with Crippen molar-refractivity contribution in [2.24, 2.45) is 11.7 Å². The zero-order chi connectivity index (χ0) is 22.2. The molecular weight excluding hydrogens is 416 g/mol. The largest absolute Gasteiger partial charge is 0.343 e. The zero-order valence-electron chi connectivity index (χ0n) is 18.0. The maximum absolute atomic E-state index is 13.0. The lowest BCUT2D eigenvalue weighted by atomic mass is 9.82. The molecule has 2 saturated carbocycles. The van der Waals surface area contributed by atoms with Gasteiger partial charge in [-0.15, -0.1) is 5.10 Å². The van der Waals surface area contributed by atoms with Crippen LogP contribution in [-0.2, 0) is 15.7 Å². The third-order valence-electron chi connectivity index (χ3n) is 6.35. The first-order valence-corrected chi connectivity index (χ1v) is 12.2. The second kappa shape index (κ2) is 8.33. The van der Waals surface area contributed by atoms with Crippen LogP contribution in [0, 0.1) is 5.92 Å². The lowest BCUT2D eigenvalue weighted by molar-refractivity contribution is 0.0910. The molecule has 2 aliphatic rings. The highest BCUT2D eigenvalue weighted by Gasteiger charge is 2.42. The van der Waals surface area contributed by atoms with Gasteiger partial charge in [0.1, 0.15) is 11.4 Å². The van der Waals surface area contributed by atoms with Crippen LogP contribution >= 0.6 is 0 Å².